The van der Waals surface area contributed by atoms with E-state index >= 15 is 0 Å². The minimum atomic E-state index is -3.79. The first-order valence-electron chi connectivity index (χ1n) is 6.04. The number of benzene rings is 1. The van der Waals surface area contributed by atoms with Crippen LogP contribution in [0, 0.1) is 6.92 Å². The number of sulfonamides is 1. The largest absolute Gasteiger partial charge is 0.241 e. The minimum absolute atomic E-state index is 0.000669. The van der Waals surface area contributed by atoms with Crippen molar-refractivity contribution in [2.24, 2.45) is 0 Å². The molecule has 0 aliphatic carbocycles. The number of halogens is 1. The zero-order valence-corrected chi connectivity index (χ0v) is 13.6. The van der Waals surface area contributed by atoms with Gasteiger partial charge in [0.25, 0.3) is 0 Å². The highest BCUT2D eigenvalue weighted by molar-refractivity contribution is 7.92. The van der Waals surface area contributed by atoms with E-state index in [0.29, 0.717) is 5.02 Å². The lowest BCUT2D eigenvalue weighted by molar-refractivity contribution is 0.462. The van der Waals surface area contributed by atoms with Gasteiger partial charge in [0.05, 0.1) is 16.4 Å². The average Bonchev–Trinajstić information content (AvgIpc) is 2.55. The van der Waals surface area contributed by atoms with Gasteiger partial charge in [0, 0.05) is 10.6 Å². The van der Waals surface area contributed by atoms with Gasteiger partial charge in [-0.15, -0.1) is 0 Å². The molecule has 0 radical (unpaired) electrons. The fourth-order valence-electron chi connectivity index (χ4n) is 2.22. The molecule has 1 aliphatic heterocycles. The van der Waals surface area contributed by atoms with Crippen LogP contribution in [0.3, 0.4) is 0 Å². The van der Waals surface area contributed by atoms with E-state index in [0.717, 1.165) is 5.56 Å². The molecule has 0 bridgehead atoms. The Hall–Kier alpha value is -0.630. The highest BCUT2D eigenvalue weighted by Crippen LogP contribution is 2.26. The van der Waals surface area contributed by atoms with E-state index in [4.69, 9.17) is 11.6 Å². The van der Waals surface area contributed by atoms with Crippen LogP contribution in [0.4, 0.5) is 0 Å². The van der Waals surface area contributed by atoms with Crippen LogP contribution < -0.4 is 4.72 Å². The van der Waals surface area contributed by atoms with E-state index in [1.165, 1.54) is 12.1 Å². The number of hydrogen-bond acceptors (Lipinski definition) is 4. The number of rotatable bonds is 3. The summed E-state index contributed by atoms with van der Waals surface area (Å²) in [6.45, 7) is 3.38. The first-order chi connectivity index (χ1) is 9.03. The molecular formula is C12H16ClNO4S2. The maximum absolute atomic E-state index is 12.3. The monoisotopic (exact) mass is 337 g/mol. The summed E-state index contributed by atoms with van der Waals surface area (Å²) < 4.78 is 50.1. The van der Waals surface area contributed by atoms with Crippen molar-refractivity contribution >= 4 is 31.5 Å². The molecule has 8 heteroatoms. The fraction of sp³-hybridized carbons (Fsp3) is 0.500. The van der Waals surface area contributed by atoms with Crippen LogP contribution in [0.25, 0.3) is 0 Å². The number of hydrogen-bond donors (Lipinski definition) is 1. The molecule has 1 fully saturated rings. The third-order valence-corrected chi connectivity index (χ3v) is 7.28. The highest BCUT2D eigenvalue weighted by Gasteiger charge is 2.41. The van der Waals surface area contributed by atoms with Crippen LogP contribution in [-0.2, 0) is 19.9 Å². The molecule has 1 unspecified atom stereocenters. The lowest BCUT2D eigenvalue weighted by atomic mass is 10.0. The number of nitrogens with one attached hydrogen (secondary N) is 1. The molecule has 1 atom stereocenters. The standard InChI is InChI=1S/C12H16ClNO4S2/c1-9-3-4-10(7-11(9)13)20(17,18)14-12(2)5-6-19(15,16)8-12/h3-4,7,14H,5-6,8H2,1-2H3. The first-order valence-corrected chi connectivity index (χ1v) is 9.72. The quantitative estimate of drug-likeness (QED) is 0.906. The molecule has 0 saturated carbocycles. The van der Waals surface area contributed by atoms with E-state index in [2.05, 4.69) is 4.72 Å². The van der Waals surface area contributed by atoms with Gasteiger partial charge in [-0.25, -0.2) is 21.6 Å². The van der Waals surface area contributed by atoms with E-state index in [-0.39, 0.29) is 22.8 Å². The Kier molecular flexibility index (Phi) is 3.92. The third-order valence-electron chi connectivity index (χ3n) is 3.34. The third kappa shape index (κ3) is 3.33. The Balaban J connectivity index is 2.30. The first kappa shape index (κ1) is 15.8. The van der Waals surface area contributed by atoms with Crippen LogP contribution in [-0.4, -0.2) is 33.9 Å². The van der Waals surface area contributed by atoms with Gasteiger partial charge < -0.3 is 0 Å². The van der Waals surface area contributed by atoms with Gasteiger partial charge in [-0.1, -0.05) is 17.7 Å². The summed E-state index contributed by atoms with van der Waals surface area (Å²) in [6, 6.07) is 4.44. The second kappa shape index (κ2) is 4.98. The van der Waals surface area contributed by atoms with Crippen molar-refractivity contribution in [1.29, 1.82) is 0 Å². The van der Waals surface area contributed by atoms with Gasteiger partial charge in [-0.05, 0) is 38.0 Å². The molecule has 0 amide bonds. The maximum Gasteiger partial charge on any atom is 0.241 e. The molecule has 1 heterocycles. The Labute approximate surface area is 124 Å². The normalized spacial score (nSPS) is 25.8. The molecule has 5 nitrogen and oxygen atoms in total. The highest BCUT2D eigenvalue weighted by atomic mass is 35.5. The molecule has 2 rings (SSSR count). The zero-order valence-electron chi connectivity index (χ0n) is 11.2. The van der Waals surface area contributed by atoms with E-state index in [1.807, 2.05) is 0 Å². The molecule has 1 aromatic rings. The molecule has 20 heavy (non-hydrogen) atoms. The Morgan fingerprint density at radius 3 is 2.50 bits per heavy atom. The molecular weight excluding hydrogens is 322 g/mol. The Morgan fingerprint density at radius 1 is 1.35 bits per heavy atom. The summed E-state index contributed by atoms with van der Waals surface area (Å²) in [5.74, 6) is -0.181. The van der Waals surface area contributed by atoms with Crippen LogP contribution in [0.1, 0.15) is 18.9 Å². The second-order valence-electron chi connectivity index (χ2n) is 5.42. The van der Waals surface area contributed by atoms with Crippen molar-refractivity contribution in [1.82, 2.24) is 4.72 Å². The molecule has 1 aromatic carbocycles. The van der Waals surface area contributed by atoms with Crippen molar-refractivity contribution < 1.29 is 16.8 Å². The van der Waals surface area contributed by atoms with Gasteiger partial charge in [0.15, 0.2) is 9.84 Å². The van der Waals surface area contributed by atoms with Crippen molar-refractivity contribution in [2.45, 2.75) is 30.7 Å². The molecule has 0 spiro atoms. The predicted molar refractivity (Wildman–Crippen MR) is 78.2 cm³/mol. The summed E-state index contributed by atoms with van der Waals surface area (Å²) in [6.07, 6.45) is 0.272. The van der Waals surface area contributed by atoms with E-state index < -0.39 is 25.4 Å². The molecule has 1 aliphatic rings. The van der Waals surface area contributed by atoms with Gasteiger partial charge in [-0.3, -0.25) is 0 Å². The van der Waals surface area contributed by atoms with E-state index in [1.54, 1.807) is 19.9 Å². The summed E-state index contributed by atoms with van der Waals surface area (Å²) >= 11 is 5.93. The van der Waals surface area contributed by atoms with Crippen molar-refractivity contribution in [3.05, 3.63) is 28.8 Å². The summed E-state index contributed by atoms with van der Waals surface area (Å²) in [7, 11) is -6.97. The van der Waals surface area contributed by atoms with Gasteiger partial charge >= 0.3 is 0 Å². The second-order valence-corrected chi connectivity index (χ2v) is 9.69. The fourth-order valence-corrected chi connectivity index (χ4v) is 6.11. The molecule has 0 aromatic heterocycles. The van der Waals surface area contributed by atoms with Crippen LogP contribution >= 0.6 is 11.6 Å². The molecule has 1 saturated heterocycles. The summed E-state index contributed by atoms with van der Waals surface area (Å²) in [5.41, 5.74) is -0.185. The Morgan fingerprint density at radius 2 is 2.00 bits per heavy atom. The smallest absolute Gasteiger partial charge is 0.229 e. The lowest BCUT2D eigenvalue weighted by Gasteiger charge is -2.23. The summed E-state index contributed by atoms with van der Waals surface area (Å²) in [4.78, 5) is 0.0404. The van der Waals surface area contributed by atoms with Crippen molar-refractivity contribution in [2.75, 3.05) is 11.5 Å². The van der Waals surface area contributed by atoms with Crippen LogP contribution in [0.5, 0.6) is 0 Å². The van der Waals surface area contributed by atoms with Gasteiger partial charge in [-0.2, -0.15) is 0 Å². The number of aryl methyl sites for hydroxylation is 1. The molecule has 112 valence electrons. The Bertz CT molecular complexity index is 743. The van der Waals surface area contributed by atoms with Crippen molar-refractivity contribution in [3.8, 4) is 0 Å². The van der Waals surface area contributed by atoms with E-state index in [9.17, 15) is 16.8 Å². The number of sulfone groups is 1. The average molecular weight is 338 g/mol. The minimum Gasteiger partial charge on any atom is -0.229 e. The van der Waals surface area contributed by atoms with Gasteiger partial charge in [0.2, 0.25) is 10.0 Å². The van der Waals surface area contributed by atoms with Crippen LogP contribution in [0.2, 0.25) is 5.02 Å². The SMILES string of the molecule is Cc1ccc(S(=O)(=O)NC2(C)CCS(=O)(=O)C2)cc1Cl. The topological polar surface area (TPSA) is 80.3 Å². The molecule has 1 N–H and O–H groups in total. The summed E-state index contributed by atoms with van der Waals surface area (Å²) in [5, 5.41) is 0.358. The predicted octanol–water partition coefficient (Wildman–Crippen LogP) is 1.50. The zero-order chi connectivity index (χ0) is 15.2. The van der Waals surface area contributed by atoms with Crippen molar-refractivity contribution in [3.63, 3.8) is 0 Å². The lowest BCUT2D eigenvalue weighted by Crippen LogP contribution is -2.46. The maximum atomic E-state index is 12.3. The van der Waals surface area contributed by atoms with Crippen LogP contribution in [0.15, 0.2) is 23.1 Å². The van der Waals surface area contributed by atoms with Gasteiger partial charge in [0.1, 0.15) is 0 Å².